The lowest BCUT2D eigenvalue weighted by atomic mass is 10.1. The fraction of sp³-hybridized carbons (Fsp3) is 0.533. The second-order valence-corrected chi connectivity index (χ2v) is 6.43. The summed E-state index contributed by atoms with van der Waals surface area (Å²) >= 11 is 1.90. The largest absolute Gasteiger partial charge is 0.335 e. The molecule has 2 aliphatic rings. The molecule has 1 atom stereocenters. The minimum absolute atomic E-state index is 0.687. The van der Waals surface area contributed by atoms with E-state index in [1.807, 2.05) is 11.8 Å². The van der Waals surface area contributed by atoms with E-state index in [2.05, 4.69) is 35.4 Å². The molecule has 1 aromatic carbocycles. The summed E-state index contributed by atoms with van der Waals surface area (Å²) in [6.45, 7) is 3.22. The number of nitrogens with one attached hydrogen (secondary N) is 1. The van der Waals surface area contributed by atoms with Crippen LogP contribution in [0.3, 0.4) is 0 Å². The molecule has 1 aliphatic carbocycles. The van der Waals surface area contributed by atoms with Gasteiger partial charge in [0.15, 0.2) is 5.17 Å². The van der Waals surface area contributed by atoms with Gasteiger partial charge < -0.3 is 5.32 Å². The van der Waals surface area contributed by atoms with E-state index in [1.54, 1.807) is 0 Å². The van der Waals surface area contributed by atoms with Crippen LogP contribution in [0.25, 0.3) is 0 Å². The molecule has 0 saturated heterocycles. The third-order valence-electron chi connectivity index (χ3n) is 3.68. The molecule has 0 aromatic heterocycles. The van der Waals surface area contributed by atoms with Gasteiger partial charge in [0.25, 0.3) is 0 Å². The first-order chi connectivity index (χ1) is 8.85. The van der Waals surface area contributed by atoms with Crippen LogP contribution in [0.4, 0.5) is 5.69 Å². The number of aryl methyl sites for hydroxylation is 2. The number of aliphatic imine (C=N–C) groups is 1. The molecule has 1 N–H and O–H groups in total. The Balaban J connectivity index is 1.64. The van der Waals surface area contributed by atoms with Gasteiger partial charge in [0.05, 0.1) is 6.54 Å². The van der Waals surface area contributed by atoms with Gasteiger partial charge in [-0.3, -0.25) is 4.99 Å². The number of hydrogen-bond acceptors (Lipinski definition) is 3. The molecule has 1 aliphatic heterocycles. The molecule has 3 rings (SSSR count). The molecule has 1 heterocycles. The highest BCUT2D eigenvalue weighted by atomic mass is 32.2. The van der Waals surface area contributed by atoms with Crippen LogP contribution >= 0.6 is 11.8 Å². The SMILES string of the molecule is CCCC1CN=C(Nc2ccc3c(c2)CCC3)S1. The van der Waals surface area contributed by atoms with Gasteiger partial charge in [-0.25, -0.2) is 0 Å². The normalized spacial score (nSPS) is 21.8. The molecule has 3 heteroatoms. The summed E-state index contributed by atoms with van der Waals surface area (Å²) in [4.78, 5) is 4.59. The minimum Gasteiger partial charge on any atom is -0.335 e. The molecule has 0 saturated carbocycles. The number of benzene rings is 1. The molecule has 1 unspecified atom stereocenters. The Morgan fingerprint density at radius 2 is 2.22 bits per heavy atom. The first kappa shape index (κ1) is 12.1. The van der Waals surface area contributed by atoms with Crippen LogP contribution in [0.1, 0.15) is 37.3 Å². The quantitative estimate of drug-likeness (QED) is 0.892. The maximum absolute atomic E-state index is 4.59. The number of thioether (sulfide) groups is 1. The van der Waals surface area contributed by atoms with Crippen molar-refractivity contribution < 1.29 is 0 Å². The molecule has 0 fully saturated rings. The summed E-state index contributed by atoms with van der Waals surface area (Å²) in [5.41, 5.74) is 4.26. The highest BCUT2D eigenvalue weighted by molar-refractivity contribution is 8.15. The van der Waals surface area contributed by atoms with E-state index in [4.69, 9.17) is 0 Å². The maximum atomic E-state index is 4.59. The second kappa shape index (κ2) is 5.35. The zero-order chi connectivity index (χ0) is 12.4. The lowest BCUT2D eigenvalue weighted by Crippen LogP contribution is -2.07. The van der Waals surface area contributed by atoms with Gasteiger partial charge in [-0.05, 0) is 48.9 Å². The predicted molar refractivity (Wildman–Crippen MR) is 80.7 cm³/mol. The van der Waals surface area contributed by atoms with Crippen LogP contribution in [0.15, 0.2) is 23.2 Å². The summed E-state index contributed by atoms with van der Waals surface area (Å²) in [7, 11) is 0. The van der Waals surface area contributed by atoms with E-state index in [1.165, 1.54) is 48.9 Å². The van der Waals surface area contributed by atoms with Crippen LogP contribution < -0.4 is 5.32 Å². The number of anilines is 1. The first-order valence-corrected chi connectivity index (χ1v) is 7.83. The second-order valence-electron chi connectivity index (χ2n) is 5.14. The highest BCUT2D eigenvalue weighted by Gasteiger charge is 2.19. The summed E-state index contributed by atoms with van der Waals surface area (Å²) in [5.74, 6) is 0. The van der Waals surface area contributed by atoms with Gasteiger partial charge in [-0.15, -0.1) is 0 Å². The number of nitrogens with zero attached hydrogens (tertiary/aromatic N) is 1. The number of amidine groups is 1. The molecule has 0 spiro atoms. The van der Waals surface area contributed by atoms with Gasteiger partial charge in [-0.1, -0.05) is 31.2 Å². The highest BCUT2D eigenvalue weighted by Crippen LogP contribution is 2.28. The Morgan fingerprint density at radius 3 is 3.11 bits per heavy atom. The van der Waals surface area contributed by atoms with Crippen molar-refractivity contribution in [3.8, 4) is 0 Å². The molecule has 2 nitrogen and oxygen atoms in total. The average molecular weight is 260 g/mol. The Labute approximate surface area is 113 Å². The van der Waals surface area contributed by atoms with Crippen molar-refractivity contribution in [2.75, 3.05) is 11.9 Å². The Kier molecular flexibility index (Phi) is 3.59. The Bertz CT molecular complexity index is 468. The smallest absolute Gasteiger partial charge is 0.161 e. The molecule has 1 aromatic rings. The van der Waals surface area contributed by atoms with Crippen molar-refractivity contribution in [2.45, 2.75) is 44.3 Å². The number of fused-ring (bicyclic) bond motifs is 1. The van der Waals surface area contributed by atoms with E-state index in [-0.39, 0.29) is 0 Å². The number of hydrogen-bond donors (Lipinski definition) is 1. The van der Waals surface area contributed by atoms with Crippen molar-refractivity contribution in [3.05, 3.63) is 29.3 Å². The number of rotatable bonds is 3. The third kappa shape index (κ3) is 2.56. The zero-order valence-electron chi connectivity index (χ0n) is 10.9. The van der Waals surface area contributed by atoms with Crippen molar-refractivity contribution in [1.82, 2.24) is 0 Å². The van der Waals surface area contributed by atoms with Gasteiger partial charge in [0.2, 0.25) is 0 Å². The van der Waals surface area contributed by atoms with Crippen LogP contribution in [0.2, 0.25) is 0 Å². The van der Waals surface area contributed by atoms with E-state index < -0.39 is 0 Å². The lowest BCUT2D eigenvalue weighted by molar-refractivity contribution is 0.754. The molecule has 0 radical (unpaired) electrons. The first-order valence-electron chi connectivity index (χ1n) is 6.95. The molecule has 18 heavy (non-hydrogen) atoms. The fourth-order valence-corrected chi connectivity index (χ4v) is 3.88. The van der Waals surface area contributed by atoms with Gasteiger partial charge in [0, 0.05) is 10.9 Å². The van der Waals surface area contributed by atoms with Gasteiger partial charge >= 0.3 is 0 Å². The standard InChI is InChI=1S/C15H20N2S/c1-2-4-14-10-16-15(18-14)17-13-8-7-11-5-3-6-12(11)9-13/h7-9,14H,2-6,10H2,1H3,(H,16,17). The molecular formula is C15H20N2S. The molecular weight excluding hydrogens is 240 g/mol. The van der Waals surface area contributed by atoms with Crippen molar-refractivity contribution in [3.63, 3.8) is 0 Å². The molecule has 0 amide bonds. The summed E-state index contributed by atoms with van der Waals surface area (Å²) in [6.07, 6.45) is 6.32. The van der Waals surface area contributed by atoms with Crippen LogP contribution in [0.5, 0.6) is 0 Å². The van der Waals surface area contributed by atoms with Crippen molar-refractivity contribution in [2.24, 2.45) is 4.99 Å². The average Bonchev–Trinajstić information content (AvgIpc) is 2.98. The van der Waals surface area contributed by atoms with Crippen LogP contribution in [-0.4, -0.2) is 17.0 Å². The Hall–Kier alpha value is -0.960. The van der Waals surface area contributed by atoms with E-state index in [0.29, 0.717) is 5.25 Å². The lowest BCUT2D eigenvalue weighted by Gasteiger charge is -2.09. The van der Waals surface area contributed by atoms with E-state index in [0.717, 1.165) is 11.7 Å². The van der Waals surface area contributed by atoms with E-state index in [9.17, 15) is 0 Å². The monoisotopic (exact) mass is 260 g/mol. The summed E-state index contributed by atoms with van der Waals surface area (Å²) in [6, 6.07) is 6.77. The van der Waals surface area contributed by atoms with Gasteiger partial charge in [-0.2, -0.15) is 0 Å². The van der Waals surface area contributed by atoms with E-state index >= 15 is 0 Å². The molecule has 0 bridgehead atoms. The minimum atomic E-state index is 0.687. The van der Waals surface area contributed by atoms with Crippen LogP contribution in [0, 0.1) is 0 Å². The fourth-order valence-electron chi connectivity index (χ4n) is 2.73. The summed E-state index contributed by atoms with van der Waals surface area (Å²) in [5, 5.41) is 5.26. The predicted octanol–water partition coefficient (Wildman–Crippen LogP) is 3.86. The zero-order valence-corrected chi connectivity index (χ0v) is 11.7. The summed E-state index contributed by atoms with van der Waals surface area (Å²) < 4.78 is 0. The van der Waals surface area contributed by atoms with Crippen molar-refractivity contribution in [1.29, 1.82) is 0 Å². The van der Waals surface area contributed by atoms with Gasteiger partial charge in [0.1, 0.15) is 0 Å². The third-order valence-corrected chi connectivity index (χ3v) is 4.85. The Morgan fingerprint density at radius 1 is 1.33 bits per heavy atom. The maximum Gasteiger partial charge on any atom is 0.161 e. The molecule has 96 valence electrons. The van der Waals surface area contributed by atoms with Crippen molar-refractivity contribution >= 4 is 22.6 Å². The topological polar surface area (TPSA) is 24.4 Å². The van der Waals surface area contributed by atoms with Crippen LogP contribution in [-0.2, 0) is 12.8 Å².